The Morgan fingerprint density at radius 1 is 0.960 bits per heavy atom. The summed E-state index contributed by atoms with van der Waals surface area (Å²) in [6, 6.07) is 15.6. The molecule has 0 atom stereocenters. The number of aryl methyl sites for hydroxylation is 1. The van der Waals surface area contributed by atoms with Gasteiger partial charge in [0.1, 0.15) is 0 Å². The molecule has 1 amide bonds. The van der Waals surface area contributed by atoms with E-state index in [0.29, 0.717) is 12.1 Å². The molecule has 0 saturated carbocycles. The van der Waals surface area contributed by atoms with E-state index in [1.54, 1.807) is 6.07 Å². The van der Waals surface area contributed by atoms with Crippen LogP contribution in [0.25, 0.3) is 5.57 Å². The molecule has 0 unspecified atom stereocenters. The summed E-state index contributed by atoms with van der Waals surface area (Å²) >= 11 is 0. The van der Waals surface area contributed by atoms with E-state index in [1.165, 1.54) is 5.56 Å². The molecule has 2 aromatic rings. The first-order valence-electron chi connectivity index (χ1n) is 8.93. The first-order valence-corrected chi connectivity index (χ1v) is 8.93. The molecule has 1 N–H and O–H groups in total. The van der Waals surface area contributed by atoms with E-state index in [1.807, 2.05) is 30.3 Å². The van der Waals surface area contributed by atoms with Crippen LogP contribution in [-0.4, -0.2) is 18.2 Å². The summed E-state index contributed by atoms with van der Waals surface area (Å²) in [7, 11) is 0. The van der Waals surface area contributed by atoms with Crippen molar-refractivity contribution in [3.63, 3.8) is 0 Å². The monoisotopic (exact) mass is 333 g/mol. The predicted molar refractivity (Wildman–Crippen MR) is 101 cm³/mol. The Balaban J connectivity index is 2.07. The maximum Gasteiger partial charge on any atom is 0.255 e. The number of unbranched alkanes of at least 4 members (excludes halogenated alkanes) is 1. The van der Waals surface area contributed by atoms with E-state index >= 15 is 0 Å². The Labute approximate surface area is 148 Å². The number of hydrogen-bond acceptors (Lipinski definition) is 2. The number of rotatable bonds is 6. The normalized spacial score (nSPS) is 13.1. The average molecular weight is 333 g/mol. The van der Waals surface area contributed by atoms with Crippen LogP contribution in [0.15, 0.2) is 54.1 Å². The Morgan fingerprint density at radius 3 is 2.28 bits per heavy atom. The summed E-state index contributed by atoms with van der Waals surface area (Å²) < 4.78 is 0. The van der Waals surface area contributed by atoms with Crippen molar-refractivity contribution in [2.24, 2.45) is 0 Å². The van der Waals surface area contributed by atoms with Gasteiger partial charge in [0, 0.05) is 17.7 Å². The minimum atomic E-state index is -0.274. The molecular formula is C22H23NO2. The number of fused-ring (bicyclic) bond motifs is 1. The van der Waals surface area contributed by atoms with Crippen LogP contribution in [-0.2, 0) is 11.2 Å². The van der Waals surface area contributed by atoms with Crippen molar-refractivity contribution < 1.29 is 9.59 Å². The van der Waals surface area contributed by atoms with E-state index < -0.39 is 0 Å². The summed E-state index contributed by atoms with van der Waals surface area (Å²) in [5.41, 5.74) is 4.61. The number of amides is 1. The maximum absolute atomic E-state index is 12.9. The van der Waals surface area contributed by atoms with Gasteiger partial charge in [0.2, 0.25) is 0 Å². The summed E-state index contributed by atoms with van der Waals surface area (Å²) in [4.78, 5) is 25.6. The van der Waals surface area contributed by atoms with Crippen molar-refractivity contribution in [3.8, 4) is 0 Å². The molecule has 0 fully saturated rings. The second-order valence-electron chi connectivity index (χ2n) is 6.28. The predicted octanol–water partition coefficient (Wildman–Crippen LogP) is 4.16. The molecular weight excluding hydrogens is 310 g/mol. The highest BCUT2D eigenvalue weighted by molar-refractivity contribution is 6.36. The van der Waals surface area contributed by atoms with Gasteiger partial charge in [-0.25, -0.2) is 0 Å². The number of nitrogens with one attached hydrogen (secondary N) is 1. The zero-order valence-electron chi connectivity index (χ0n) is 14.8. The van der Waals surface area contributed by atoms with Gasteiger partial charge in [-0.2, -0.15) is 0 Å². The second-order valence-corrected chi connectivity index (χ2v) is 6.28. The van der Waals surface area contributed by atoms with Crippen LogP contribution in [0.1, 0.15) is 53.7 Å². The molecule has 0 saturated heterocycles. The number of carbonyl (C=O) groups is 2. The van der Waals surface area contributed by atoms with Crippen LogP contribution in [0.3, 0.4) is 0 Å². The van der Waals surface area contributed by atoms with Crippen molar-refractivity contribution in [3.05, 3.63) is 76.4 Å². The van der Waals surface area contributed by atoms with Crippen molar-refractivity contribution in [1.82, 2.24) is 5.32 Å². The van der Waals surface area contributed by atoms with E-state index in [-0.39, 0.29) is 17.3 Å². The lowest BCUT2D eigenvalue weighted by atomic mass is 9.96. The third kappa shape index (κ3) is 3.27. The van der Waals surface area contributed by atoms with Gasteiger partial charge < -0.3 is 5.32 Å². The van der Waals surface area contributed by atoms with E-state index in [4.69, 9.17) is 0 Å². The van der Waals surface area contributed by atoms with Crippen LogP contribution in [0.4, 0.5) is 0 Å². The molecule has 25 heavy (non-hydrogen) atoms. The largest absolute Gasteiger partial charge is 0.352 e. The molecule has 0 aromatic heterocycles. The zero-order chi connectivity index (χ0) is 17.8. The molecule has 3 heteroatoms. The van der Waals surface area contributed by atoms with Crippen LogP contribution >= 0.6 is 0 Å². The quantitative estimate of drug-likeness (QED) is 0.637. The van der Waals surface area contributed by atoms with Crippen molar-refractivity contribution >= 4 is 17.3 Å². The number of benzene rings is 2. The second kappa shape index (κ2) is 7.47. The lowest BCUT2D eigenvalue weighted by molar-refractivity contribution is -0.117. The highest BCUT2D eigenvalue weighted by atomic mass is 16.2. The smallest absolute Gasteiger partial charge is 0.255 e. The molecule has 0 aliphatic heterocycles. The standard InChI is InChI=1S/C22H23NO2/c1-3-5-14-23-22(25)20-19(16-12-10-15(4-2)11-13-16)17-8-6-7-9-18(17)21(20)24/h6-13H,3-5,14H2,1-2H3,(H,23,25). The topological polar surface area (TPSA) is 46.2 Å². The molecule has 3 nitrogen and oxygen atoms in total. The first kappa shape index (κ1) is 17.2. The van der Waals surface area contributed by atoms with Crippen LogP contribution in [0.5, 0.6) is 0 Å². The number of ketones is 1. The van der Waals surface area contributed by atoms with E-state index in [0.717, 1.165) is 36.0 Å². The van der Waals surface area contributed by atoms with Crippen LogP contribution < -0.4 is 5.32 Å². The molecule has 1 aliphatic rings. The fraction of sp³-hybridized carbons (Fsp3) is 0.273. The Hall–Kier alpha value is -2.68. The van der Waals surface area contributed by atoms with Crippen LogP contribution in [0.2, 0.25) is 0 Å². The van der Waals surface area contributed by atoms with Gasteiger partial charge in [-0.1, -0.05) is 68.8 Å². The third-order valence-corrected chi connectivity index (χ3v) is 4.61. The number of Topliss-reactive ketones (excluding diaryl/α,β-unsaturated/α-hetero) is 1. The van der Waals surface area contributed by atoms with Gasteiger partial charge in [-0.3, -0.25) is 9.59 Å². The Kier molecular flexibility index (Phi) is 5.13. The Morgan fingerprint density at radius 2 is 1.64 bits per heavy atom. The molecule has 0 heterocycles. The molecule has 2 aromatic carbocycles. The van der Waals surface area contributed by atoms with Crippen molar-refractivity contribution in [2.45, 2.75) is 33.1 Å². The fourth-order valence-corrected chi connectivity index (χ4v) is 3.17. The molecule has 128 valence electrons. The van der Waals surface area contributed by atoms with Gasteiger partial charge in [0.05, 0.1) is 5.57 Å². The first-order chi connectivity index (χ1) is 12.2. The summed E-state index contributed by atoms with van der Waals surface area (Å²) in [6.45, 7) is 4.77. The highest BCUT2D eigenvalue weighted by Crippen LogP contribution is 2.37. The minimum Gasteiger partial charge on any atom is -0.352 e. The average Bonchev–Trinajstić information content (AvgIpc) is 2.95. The summed E-state index contributed by atoms with van der Waals surface area (Å²) in [5.74, 6) is -0.455. The number of carbonyl (C=O) groups excluding carboxylic acids is 2. The SMILES string of the molecule is CCCCNC(=O)C1=C(c2ccc(CC)cc2)c2ccccc2C1=O. The maximum atomic E-state index is 12.9. The summed E-state index contributed by atoms with van der Waals surface area (Å²) in [6.07, 6.45) is 2.86. The molecule has 0 spiro atoms. The molecule has 3 rings (SSSR count). The van der Waals surface area contributed by atoms with Crippen LogP contribution in [0, 0.1) is 0 Å². The van der Waals surface area contributed by atoms with E-state index in [9.17, 15) is 9.59 Å². The molecule has 0 bridgehead atoms. The van der Waals surface area contributed by atoms with Crippen molar-refractivity contribution in [2.75, 3.05) is 6.54 Å². The van der Waals surface area contributed by atoms with Gasteiger partial charge in [0.15, 0.2) is 5.78 Å². The minimum absolute atomic E-state index is 0.181. The highest BCUT2D eigenvalue weighted by Gasteiger charge is 2.34. The lowest BCUT2D eigenvalue weighted by Crippen LogP contribution is -2.28. The Bertz CT molecular complexity index is 831. The molecule has 0 radical (unpaired) electrons. The summed E-state index contributed by atoms with van der Waals surface area (Å²) in [5, 5.41) is 2.90. The van der Waals surface area contributed by atoms with Crippen molar-refractivity contribution in [1.29, 1.82) is 0 Å². The molecule has 1 aliphatic carbocycles. The third-order valence-electron chi connectivity index (χ3n) is 4.61. The zero-order valence-corrected chi connectivity index (χ0v) is 14.8. The van der Waals surface area contributed by atoms with Gasteiger partial charge in [0.25, 0.3) is 5.91 Å². The van der Waals surface area contributed by atoms with Gasteiger partial charge in [-0.05, 0) is 29.5 Å². The van der Waals surface area contributed by atoms with E-state index in [2.05, 4.69) is 31.3 Å². The van der Waals surface area contributed by atoms with Gasteiger partial charge in [-0.15, -0.1) is 0 Å². The lowest BCUT2D eigenvalue weighted by Gasteiger charge is -2.09. The number of hydrogen-bond donors (Lipinski definition) is 1. The fourth-order valence-electron chi connectivity index (χ4n) is 3.17. The van der Waals surface area contributed by atoms with Gasteiger partial charge >= 0.3 is 0 Å².